The van der Waals surface area contributed by atoms with Crippen LogP contribution in [0, 0.1) is 0 Å². The molecule has 21 heavy (non-hydrogen) atoms. The summed E-state index contributed by atoms with van der Waals surface area (Å²) in [5.41, 5.74) is 8.76. The summed E-state index contributed by atoms with van der Waals surface area (Å²) in [4.78, 5) is 8.51. The molecule has 0 fully saturated rings. The van der Waals surface area contributed by atoms with E-state index in [1.807, 2.05) is 24.3 Å². The minimum absolute atomic E-state index is 0.497. The Labute approximate surface area is 125 Å². The van der Waals surface area contributed by atoms with Crippen molar-refractivity contribution in [1.82, 2.24) is 9.97 Å². The van der Waals surface area contributed by atoms with Crippen molar-refractivity contribution in [3.8, 4) is 17.0 Å². The maximum atomic E-state index is 6.00. The number of aromatic nitrogens is 2. The molecule has 0 bridgehead atoms. The molecule has 2 aromatic rings. The van der Waals surface area contributed by atoms with Gasteiger partial charge in [-0.15, -0.1) is 0 Å². The first-order valence-corrected chi connectivity index (χ1v) is 7.08. The number of methoxy groups -OCH3 is 1. The predicted octanol–water partition coefficient (Wildman–Crippen LogP) is 2.70. The van der Waals surface area contributed by atoms with Gasteiger partial charge in [0.1, 0.15) is 24.5 Å². The third-order valence-electron chi connectivity index (χ3n) is 3.17. The van der Waals surface area contributed by atoms with Gasteiger partial charge in [0.2, 0.25) is 0 Å². The Kier molecular flexibility index (Phi) is 5.51. The number of nitrogen functional groups attached to an aromatic ring is 1. The minimum Gasteiger partial charge on any atom is -0.490 e. The van der Waals surface area contributed by atoms with Gasteiger partial charge in [-0.1, -0.05) is 25.5 Å². The van der Waals surface area contributed by atoms with Crippen molar-refractivity contribution in [2.24, 2.45) is 0 Å². The molecule has 0 radical (unpaired) electrons. The number of para-hydroxylation sites is 1. The summed E-state index contributed by atoms with van der Waals surface area (Å²) >= 11 is 0. The van der Waals surface area contributed by atoms with Crippen molar-refractivity contribution in [3.05, 3.63) is 36.2 Å². The molecule has 0 saturated heterocycles. The summed E-state index contributed by atoms with van der Waals surface area (Å²) in [6, 6.07) is 7.82. The lowest BCUT2D eigenvalue weighted by Gasteiger charge is -2.14. The fraction of sp³-hybridized carbons (Fsp3) is 0.375. The number of benzene rings is 1. The van der Waals surface area contributed by atoms with Gasteiger partial charge in [0.25, 0.3) is 0 Å². The monoisotopic (exact) mass is 287 g/mol. The van der Waals surface area contributed by atoms with Crippen molar-refractivity contribution < 1.29 is 9.47 Å². The Morgan fingerprint density at radius 2 is 1.95 bits per heavy atom. The molecule has 0 aliphatic rings. The lowest BCUT2D eigenvalue weighted by Crippen LogP contribution is -2.07. The van der Waals surface area contributed by atoms with Crippen molar-refractivity contribution in [3.63, 3.8) is 0 Å². The van der Waals surface area contributed by atoms with Crippen LogP contribution in [0.15, 0.2) is 30.6 Å². The zero-order valence-corrected chi connectivity index (χ0v) is 12.5. The Morgan fingerprint density at radius 3 is 2.71 bits per heavy atom. The molecule has 1 heterocycles. The average Bonchev–Trinajstić information content (AvgIpc) is 2.50. The molecule has 0 spiro atoms. The molecule has 5 nitrogen and oxygen atoms in total. The SMILES string of the molecule is CCCc1c(N)ncnc1-c1ccccc1OCCOC. The molecule has 0 amide bonds. The van der Waals surface area contributed by atoms with Crippen LogP contribution in [0.2, 0.25) is 0 Å². The van der Waals surface area contributed by atoms with Crippen LogP contribution >= 0.6 is 0 Å². The fourth-order valence-corrected chi connectivity index (χ4v) is 2.18. The van der Waals surface area contributed by atoms with Crippen LogP contribution in [0.3, 0.4) is 0 Å². The smallest absolute Gasteiger partial charge is 0.130 e. The van der Waals surface area contributed by atoms with E-state index in [0.29, 0.717) is 19.0 Å². The highest BCUT2D eigenvalue weighted by Crippen LogP contribution is 2.32. The van der Waals surface area contributed by atoms with E-state index in [4.69, 9.17) is 15.2 Å². The lowest BCUT2D eigenvalue weighted by atomic mass is 10.0. The van der Waals surface area contributed by atoms with Crippen molar-refractivity contribution >= 4 is 5.82 Å². The maximum absolute atomic E-state index is 6.00. The van der Waals surface area contributed by atoms with Crippen LogP contribution in [0.1, 0.15) is 18.9 Å². The fourth-order valence-electron chi connectivity index (χ4n) is 2.18. The Morgan fingerprint density at radius 1 is 1.14 bits per heavy atom. The molecule has 112 valence electrons. The molecule has 0 atom stereocenters. The molecular weight excluding hydrogens is 266 g/mol. The highest BCUT2D eigenvalue weighted by atomic mass is 16.5. The second kappa shape index (κ2) is 7.59. The molecule has 0 aliphatic heterocycles. The zero-order chi connectivity index (χ0) is 15.1. The van der Waals surface area contributed by atoms with Crippen LogP contribution < -0.4 is 10.5 Å². The molecule has 0 saturated carbocycles. The highest BCUT2D eigenvalue weighted by Gasteiger charge is 2.14. The van der Waals surface area contributed by atoms with Crippen LogP contribution in [-0.4, -0.2) is 30.3 Å². The topological polar surface area (TPSA) is 70.3 Å². The summed E-state index contributed by atoms with van der Waals surface area (Å²) < 4.78 is 10.8. The molecule has 2 rings (SSSR count). The van der Waals surface area contributed by atoms with E-state index in [2.05, 4.69) is 16.9 Å². The van der Waals surface area contributed by atoms with E-state index in [-0.39, 0.29) is 0 Å². The van der Waals surface area contributed by atoms with Gasteiger partial charge < -0.3 is 15.2 Å². The standard InChI is InChI=1S/C16H21N3O2/c1-3-6-13-15(18-11-19-16(13)17)12-7-4-5-8-14(12)21-10-9-20-2/h4-5,7-8,11H,3,6,9-10H2,1-2H3,(H2,17,18,19). The van der Waals surface area contributed by atoms with Gasteiger partial charge in [-0.2, -0.15) is 0 Å². The van der Waals surface area contributed by atoms with Crippen LogP contribution in [0.25, 0.3) is 11.3 Å². The lowest BCUT2D eigenvalue weighted by molar-refractivity contribution is 0.146. The molecule has 5 heteroatoms. The van der Waals surface area contributed by atoms with Gasteiger partial charge in [0, 0.05) is 18.2 Å². The maximum Gasteiger partial charge on any atom is 0.130 e. The van der Waals surface area contributed by atoms with E-state index in [0.717, 1.165) is 35.4 Å². The second-order valence-corrected chi connectivity index (χ2v) is 4.67. The Hall–Kier alpha value is -2.14. The number of nitrogens with two attached hydrogens (primary N) is 1. The third kappa shape index (κ3) is 3.70. The largest absolute Gasteiger partial charge is 0.490 e. The molecule has 0 unspecified atom stereocenters. The number of rotatable bonds is 7. The van der Waals surface area contributed by atoms with E-state index >= 15 is 0 Å². The third-order valence-corrected chi connectivity index (χ3v) is 3.17. The number of anilines is 1. The van der Waals surface area contributed by atoms with E-state index in [1.165, 1.54) is 6.33 Å². The van der Waals surface area contributed by atoms with E-state index < -0.39 is 0 Å². The number of nitrogens with zero attached hydrogens (tertiary/aromatic N) is 2. The second-order valence-electron chi connectivity index (χ2n) is 4.67. The number of hydrogen-bond donors (Lipinski definition) is 1. The molecule has 1 aromatic heterocycles. The molecule has 0 aliphatic carbocycles. The molecular formula is C16H21N3O2. The first-order chi connectivity index (χ1) is 10.3. The quantitative estimate of drug-likeness (QED) is 0.793. The van der Waals surface area contributed by atoms with Gasteiger partial charge in [-0.05, 0) is 18.6 Å². The van der Waals surface area contributed by atoms with Crippen LogP contribution in [0.5, 0.6) is 5.75 Å². The normalized spacial score (nSPS) is 10.6. The van der Waals surface area contributed by atoms with Gasteiger partial charge in [0.05, 0.1) is 12.3 Å². The van der Waals surface area contributed by atoms with Crippen molar-refractivity contribution in [1.29, 1.82) is 0 Å². The molecule has 2 N–H and O–H groups in total. The predicted molar refractivity (Wildman–Crippen MR) is 83.2 cm³/mol. The van der Waals surface area contributed by atoms with Gasteiger partial charge in [-0.25, -0.2) is 9.97 Å². The molecule has 1 aromatic carbocycles. The Bertz CT molecular complexity index is 587. The summed E-state index contributed by atoms with van der Waals surface area (Å²) in [6.07, 6.45) is 3.32. The van der Waals surface area contributed by atoms with Gasteiger partial charge in [-0.3, -0.25) is 0 Å². The van der Waals surface area contributed by atoms with Crippen LogP contribution in [0.4, 0.5) is 5.82 Å². The van der Waals surface area contributed by atoms with Gasteiger partial charge in [0.15, 0.2) is 0 Å². The minimum atomic E-state index is 0.497. The first-order valence-electron chi connectivity index (χ1n) is 7.08. The van der Waals surface area contributed by atoms with Crippen molar-refractivity contribution in [2.45, 2.75) is 19.8 Å². The summed E-state index contributed by atoms with van der Waals surface area (Å²) in [5, 5.41) is 0. The van der Waals surface area contributed by atoms with E-state index in [1.54, 1.807) is 7.11 Å². The Balaban J connectivity index is 2.39. The van der Waals surface area contributed by atoms with Gasteiger partial charge >= 0.3 is 0 Å². The summed E-state index contributed by atoms with van der Waals surface area (Å²) in [6.45, 7) is 3.15. The average molecular weight is 287 g/mol. The zero-order valence-electron chi connectivity index (χ0n) is 12.5. The first kappa shape index (κ1) is 15.3. The highest BCUT2D eigenvalue weighted by molar-refractivity contribution is 5.72. The van der Waals surface area contributed by atoms with E-state index in [9.17, 15) is 0 Å². The number of ether oxygens (including phenoxy) is 2. The van der Waals surface area contributed by atoms with Crippen molar-refractivity contribution in [2.75, 3.05) is 26.1 Å². The summed E-state index contributed by atoms with van der Waals surface area (Å²) in [5.74, 6) is 1.32. The van der Waals surface area contributed by atoms with Crippen LogP contribution in [-0.2, 0) is 11.2 Å². The summed E-state index contributed by atoms with van der Waals surface area (Å²) in [7, 11) is 1.65. The number of hydrogen-bond acceptors (Lipinski definition) is 5.